The molecule has 0 N–H and O–H groups in total. The van der Waals surface area contributed by atoms with Crippen molar-refractivity contribution in [2.75, 3.05) is 4.90 Å². The summed E-state index contributed by atoms with van der Waals surface area (Å²) in [6.45, 7) is 0. The zero-order valence-corrected chi connectivity index (χ0v) is 9.36. The second kappa shape index (κ2) is 3.10. The molecule has 0 amide bonds. The summed E-state index contributed by atoms with van der Waals surface area (Å²) in [4.78, 5) is 2.37. The third-order valence-electron chi connectivity index (χ3n) is 3.83. The van der Waals surface area contributed by atoms with E-state index in [1.807, 2.05) is 6.07 Å². The fourth-order valence-corrected chi connectivity index (χ4v) is 3.16. The predicted molar refractivity (Wildman–Crippen MR) is 66.2 cm³/mol. The summed E-state index contributed by atoms with van der Waals surface area (Å²) in [5.41, 5.74) is 5.03. The van der Waals surface area contributed by atoms with Crippen molar-refractivity contribution in [3.63, 3.8) is 0 Å². The van der Waals surface area contributed by atoms with E-state index >= 15 is 0 Å². The van der Waals surface area contributed by atoms with Gasteiger partial charge in [-0.2, -0.15) is 0 Å². The second-order valence-electron chi connectivity index (χ2n) is 4.83. The largest absolute Gasteiger partial charge is 0.337 e. The van der Waals surface area contributed by atoms with E-state index in [0.717, 1.165) is 18.4 Å². The van der Waals surface area contributed by atoms with Crippen LogP contribution < -0.4 is 4.90 Å². The third-order valence-corrected chi connectivity index (χ3v) is 3.83. The zero-order chi connectivity index (χ0) is 11.4. The molecule has 0 aliphatic carbocycles. The molecule has 4 rings (SSSR count). The maximum atomic E-state index is 13.2. The van der Waals surface area contributed by atoms with Crippen LogP contribution in [0.3, 0.4) is 0 Å². The first-order valence-electron chi connectivity index (χ1n) is 5.98. The number of benzene rings is 2. The number of nitrogens with zero attached hydrogens (tertiary/aromatic N) is 1. The minimum atomic E-state index is -0.127. The molecule has 2 aliphatic heterocycles. The Balaban J connectivity index is 1.90. The maximum absolute atomic E-state index is 13.2. The summed E-state index contributed by atoms with van der Waals surface area (Å²) in [6.07, 6.45) is 2.04. The van der Waals surface area contributed by atoms with Crippen LogP contribution in [0, 0.1) is 5.82 Å². The summed E-state index contributed by atoms with van der Waals surface area (Å²) in [6, 6.07) is 14.1. The van der Waals surface area contributed by atoms with Crippen LogP contribution in [-0.2, 0) is 12.8 Å². The normalized spacial score (nSPS) is 20.1. The first-order chi connectivity index (χ1) is 8.33. The van der Waals surface area contributed by atoms with E-state index in [-0.39, 0.29) is 5.82 Å². The van der Waals surface area contributed by atoms with Gasteiger partial charge in [0.15, 0.2) is 0 Å². The molecule has 0 bridgehead atoms. The summed E-state index contributed by atoms with van der Waals surface area (Å²) >= 11 is 0. The van der Waals surface area contributed by atoms with Gasteiger partial charge >= 0.3 is 0 Å². The van der Waals surface area contributed by atoms with Crippen molar-refractivity contribution in [2.24, 2.45) is 0 Å². The van der Waals surface area contributed by atoms with Gasteiger partial charge in [0.25, 0.3) is 0 Å². The predicted octanol–water partition coefficient (Wildman–Crippen LogP) is 3.44. The molecule has 2 aromatic carbocycles. The van der Waals surface area contributed by atoms with Crippen molar-refractivity contribution < 1.29 is 4.39 Å². The minimum absolute atomic E-state index is 0.127. The Morgan fingerprint density at radius 2 is 1.71 bits per heavy atom. The van der Waals surface area contributed by atoms with Gasteiger partial charge in [0.05, 0.1) is 0 Å². The van der Waals surface area contributed by atoms with Crippen LogP contribution in [0.25, 0.3) is 0 Å². The van der Waals surface area contributed by atoms with Crippen LogP contribution >= 0.6 is 0 Å². The van der Waals surface area contributed by atoms with E-state index < -0.39 is 0 Å². The van der Waals surface area contributed by atoms with Gasteiger partial charge in [-0.1, -0.05) is 18.2 Å². The molecule has 2 heteroatoms. The van der Waals surface area contributed by atoms with Crippen molar-refractivity contribution in [3.05, 3.63) is 59.4 Å². The lowest BCUT2D eigenvalue weighted by molar-refractivity contribution is 0.625. The van der Waals surface area contributed by atoms with Gasteiger partial charge in [0, 0.05) is 17.4 Å². The molecule has 17 heavy (non-hydrogen) atoms. The number of hydrogen-bond donors (Lipinski definition) is 0. The molecule has 0 aromatic heterocycles. The van der Waals surface area contributed by atoms with E-state index in [9.17, 15) is 4.39 Å². The van der Waals surface area contributed by atoms with Crippen LogP contribution in [0.1, 0.15) is 11.1 Å². The first-order valence-corrected chi connectivity index (χ1v) is 5.98. The van der Waals surface area contributed by atoms with Crippen LogP contribution in [0.5, 0.6) is 0 Å². The Morgan fingerprint density at radius 1 is 0.941 bits per heavy atom. The lowest BCUT2D eigenvalue weighted by atomic mass is 10.0. The van der Waals surface area contributed by atoms with Gasteiger partial charge in [-0.25, -0.2) is 4.39 Å². The summed E-state index contributed by atoms with van der Waals surface area (Å²) in [5, 5.41) is 0. The maximum Gasteiger partial charge on any atom is 0.123 e. The molecule has 0 fully saturated rings. The highest BCUT2D eigenvalue weighted by atomic mass is 19.1. The number of para-hydroxylation sites is 1. The summed E-state index contributed by atoms with van der Waals surface area (Å²) in [7, 11) is 0. The molecule has 0 saturated carbocycles. The van der Waals surface area contributed by atoms with Crippen molar-refractivity contribution in [1.82, 2.24) is 0 Å². The number of halogens is 1. The van der Waals surface area contributed by atoms with Gasteiger partial charge < -0.3 is 4.90 Å². The van der Waals surface area contributed by atoms with E-state index in [1.165, 1.54) is 16.9 Å². The molecule has 0 saturated heterocycles. The highest BCUT2D eigenvalue weighted by molar-refractivity contribution is 5.76. The van der Waals surface area contributed by atoms with Crippen molar-refractivity contribution >= 4 is 11.4 Å². The number of rotatable bonds is 0. The Hall–Kier alpha value is -1.83. The van der Waals surface area contributed by atoms with Crippen molar-refractivity contribution in [3.8, 4) is 0 Å². The van der Waals surface area contributed by atoms with Gasteiger partial charge in [-0.3, -0.25) is 0 Å². The Bertz CT molecular complexity index is 606. The molecule has 2 heterocycles. The molecular formula is C15H12FN. The van der Waals surface area contributed by atoms with Crippen molar-refractivity contribution in [2.45, 2.75) is 18.9 Å². The lowest BCUT2D eigenvalue weighted by Gasteiger charge is -2.20. The van der Waals surface area contributed by atoms with E-state index in [4.69, 9.17) is 0 Å². The molecule has 2 aromatic rings. The molecule has 0 spiro atoms. The average molecular weight is 225 g/mol. The van der Waals surface area contributed by atoms with Gasteiger partial charge in [0.2, 0.25) is 0 Å². The Morgan fingerprint density at radius 3 is 2.65 bits per heavy atom. The third kappa shape index (κ3) is 1.18. The monoisotopic (exact) mass is 225 g/mol. The van der Waals surface area contributed by atoms with Crippen LogP contribution in [0.4, 0.5) is 15.8 Å². The van der Waals surface area contributed by atoms with Crippen LogP contribution in [0.2, 0.25) is 0 Å². The first kappa shape index (κ1) is 9.23. The van der Waals surface area contributed by atoms with Gasteiger partial charge in [-0.05, 0) is 48.2 Å². The van der Waals surface area contributed by atoms with Crippen molar-refractivity contribution in [1.29, 1.82) is 0 Å². The van der Waals surface area contributed by atoms with E-state index in [0.29, 0.717) is 6.04 Å². The number of fused-ring (bicyclic) bond motifs is 5. The van der Waals surface area contributed by atoms with E-state index in [1.54, 1.807) is 12.1 Å². The fraction of sp³-hybridized carbons (Fsp3) is 0.200. The molecular weight excluding hydrogens is 213 g/mol. The number of hydrogen-bond acceptors (Lipinski definition) is 1. The lowest BCUT2D eigenvalue weighted by Crippen LogP contribution is -2.22. The smallest absolute Gasteiger partial charge is 0.123 e. The summed E-state index contributed by atoms with van der Waals surface area (Å²) < 4.78 is 13.2. The summed E-state index contributed by atoms with van der Waals surface area (Å²) in [5.74, 6) is -0.127. The molecule has 1 atom stereocenters. The molecule has 2 aliphatic rings. The minimum Gasteiger partial charge on any atom is -0.337 e. The highest BCUT2D eigenvalue weighted by Crippen LogP contribution is 2.45. The van der Waals surface area contributed by atoms with Crippen LogP contribution in [-0.4, -0.2) is 6.04 Å². The highest BCUT2D eigenvalue weighted by Gasteiger charge is 2.36. The second-order valence-corrected chi connectivity index (χ2v) is 4.83. The molecule has 0 radical (unpaired) electrons. The quantitative estimate of drug-likeness (QED) is 0.663. The molecule has 1 unspecified atom stereocenters. The number of anilines is 2. The molecule has 1 nitrogen and oxygen atoms in total. The zero-order valence-electron chi connectivity index (χ0n) is 9.36. The average Bonchev–Trinajstić information content (AvgIpc) is 2.83. The topological polar surface area (TPSA) is 3.24 Å². The molecule has 84 valence electrons. The standard InChI is InChI=1S/C15H12FN/c16-12-5-6-15-11(7-12)9-13-8-10-3-1-2-4-14(10)17(13)15/h1-7,13H,8-9H2. The van der Waals surface area contributed by atoms with E-state index in [2.05, 4.69) is 29.2 Å². The Kier molecular flexibility index (Phi) is 1.68. The van der Waals surface area contributed by atoms with Crippen LogP contribution in [0.15, 0.2) is 42.5 Å². The SMILES string of the molecule is Fc1ccc2c(c1)CC1Cc3ccccc3N21. The Labute approximate surface area is 99.5 Å². The van der Waals surface area contributed by atoms with Gasteiger partial charge in [-0.15, -0.1) is 0 Å². The van der Waals surface area contributed by atoms with Gasteiger partial charge in [0.1, 0.15) is 5.82 Å². The fourth-order valence-electron chi connectivity index (χ4n) is 3.16.